The average Bonchev–Trinajstić information content (AvgIpc) is 2.46. The summed E-state index contributed by atoms with van der Waals surface area (Å²) in [5.74, 6) is 1.87. The minimum absolute atomic E-state index is 0.536. The Kier molecular flexibility index (Phi) is 4.42. The first-order valence-corrected chi connectivity index (χ1v) is 6.78. The Bertz CT molecular complexity index is 366. The van der Waals surface area contributed by atoms with Crippen molar-refractivity contribution in [2.24, 2.45) is 0 Å². The standard InChI is InChI=1S/C14H23N3O/c1-4-11-10-17(12(5-2)8-15-11)14-7-6-13(18-3)9-16-14/h6-7,9,11-12,15H,4-5,8,10H2,1-3H3. The molecular weight excluding hydrogens is 226 g/mol. The van der Waals surface area contributed by atoms with Gasteiger partial charge in [-0.25, -0.2) is 4.98 Å². The van der Waals surface area contributed by atoms with Crippen molar-refractivity contribution in [3.63, 3.8) is 0 Å². The fraction of sp³-hybridized carbons (Fsp3) is 0.643. The highest BCUT2D eigenvalue weighted by Gasteiger charge is 2.26. The minimum Gasteiger partial charge on any atom is -0.495 e. The van der Waals surface area contributed by atoms with Crippen LogP contribution in [0.15, 0.2) is 18.3 Å². The summed E-state index contributed by atoms with van der Waals surface area (Å²) in [5.41, 5.74) is 0. The SMILES string of the molecule is CCC1CN(c2ccc(OC)cn2)C(CC)CN1. The Morgan fingerprint density at radius 1 is 1.39 bits per heavy atom. The van der Waals surface area contributed by atoms with Gasteiger partial charge in [-0.05, 0) is 25.0 Å². The minimum atomic E-state index is 0.536. The molecule has 2 heterocycles. The molecule has 0 saturated carbocycles. The molecule has 0 amide bonds. The van der Waals surface area contributed by atoms with Gasteiger partial charge < -0.3 is 15.0 Å². The molecule has 0 aliphatic carbocycles. The molecule has 4 nitrogen and oxygen atoms in total. The molecule has 0 radical (unpaired) electrons. The molecule has 2 atom stereocenters. The van der Waals surface area contributed by atoms with Crippen molar-refractivity contribution in [1.82, 2.24) is 10.3 Å². The van der Waals surface area contributed by atoms with Crippen LogP contribution >= 0.6 is 0 Å². The van der Waals surface area contributed by atoms with E-state index in [2.05, 4.69) is 35.1 Å². The van der Waals surface area contributed by atoms with E-state index in [-0.39, 0.29) is 0 Å². The lowest BCUT2D eigenvalue weighted by atomic mass is 10.1. The van der Waals surface area contributed by atoms with Gasteiger partial charge in [-0.1, -0.05) is 13.8 Å². The molecule has 1 aromatic rings. The van der Waals surface area contributed by atoms with Crippen molar-refractivity contribution in [3.05, 3.63) is 18.3 Å². The number of ether oxygens (including phenoxy) is 1. The zero-order chi connectivity index (χ0) is 13.0. The summed E-state index contributed by atoms with van der Waals surface area (Å²) in [6, 6.07) is 5.14. The normalized spacial score (nSPS) is 24.1. The highest BCUT2D eigenvalue weighted by atomic mass is 16.5. The predicted molar refractivity (Wildman–Crippen MR) is 74.3 cm³/mol. The first-order chi connectivity index (χ1) is 8.78. The lowest BCUT2D eigenvalue weighted by Crippen LogP contribution is -2.56. The Hall–Kier alpha value is -1.29. The van der Waals surface area contributed by atoms with E-state index in [1.54, 1.807) is 13.3 Å². The van der Waals surface area contributed by atoms with E-state index in [0.717, 1.165) is 37.5 Å². The third kappa shape index (κ3) is 2.75. The number of hydrogen-bond acceptors (Lipinski definition) is 4. The number of piperazine rings is 1. The predicted octanol–water partition coefficient (Wildman–Crippen LogP) is 2.06. The maximum absolute atomic E-state index is 5.16. The number of methoxy groups -OCH3 is 1. The molecule has 100 valence electrons. The van der Waals surface area contributed by atoms with Gasteiger partial charge in [0, 0.05) is 25.2 Å². The second-order valence-corrected chi connectivity index (χ2v) is 4.78. The molecule has 1 aliphatic rings. The summed E-state index contributed by atoms with van der Waals surface area (Å²) in [7, 11) is 1.67. The van der Waals surface area contributed by atoms with Gasteiger partial charge in [-0.2, -0.15) is 0 Å². The van der Waals surface area contributed by atoms with Crippen molar-refractivity contribution < 1.29 is 4.74 Å². The van der Waals surface area contributed by atoms with E-state index in [9.17, 15) is 0 Å². The van der Waals surface area contributed by atoms with Crippen LogP contribution in [0.5, 0.6) is 5.75 Å². The second-order valence-electron chi connectivity index (χ2n) is 4.78. The third-order valence-corrected chi connectivity index (χ3v) is 3.71. The van der Waals surface area contributed by atoms with Crippen LogP contribution in [0, 0.1) is 0 Å². The van der Waals surface area contributed by atoms with Crippen LogP contribution in [0.25, 0.3) is 0 Å². The molecule has 0 spiro atoms. The van der Waals surface area contributed by atoms with E-state index in [0.29, 0.717) is 12.1 Å². The van der Waals surface area contributed by atoms with Crippen molar-refractivity contribution in [2.75, 3.05) is 25.1 Å². The van der Waals surface area contributed by atoms with Crippen LogP contribution in [0.4, 0.5) is 5.82 Å². The molecule has 18 heavy (non-hydrogen) atoms. The van der Waals surface area contributed by atoms with E-state index >= 15 is 0 Å². The van der Waals surface area contributed by atoms with E-state index < -0.39 is 0 Å². The summed E-state index contributed by atoms with van der Waals surface area (Å²) in [5, 5.41) is 3.60. The number of hydrogen-bond donors (Lipinski definition) is 1. The summed E-state index contributed by atoms with van der Waals surface area (Å²) in [4.78, 5) is 6.93. The molecule has 2 rings (SSSR count). The zero-order valence-electron chi connectivity index (χ0n) is 11.5. The van der Waals surface area contributed by atoms with Gasteiger partial charge in [0.15, 0.2) is 0 Å². The highest BCUT2D eigenvalue weighted by molar-refractivity contribution is 5.43. The van der Waals surface area contributed by atoms with Crippen molar-refractivity contribution in [3.8, 4) is 5.75 Å². The van der Waals surface area contributed by atoms with Gasteiger partial charge in [0.05, 0.1) is 13.3 Å². The van der Waals surface area contributed by atoms with Crippen LogP contribution in [0.2, 0.25) is 0 Å². The summed E-state index contributed by atoms with van der Waals surface area (Å²) in [6.07, 6.45) is 4.09. The van der Waals surface area contributed by atoms with Crippen molar-refractivity contribution in [1.29, 1.82) is 0 Å². The largest absolute Gasteiger partial charge is 0.495 e. The molecule has 0 aromatic carbocycles. The second kappa shape index (κ2) is 6.05. The van der Waals surface area contributed by atoms with Gasteiger partial charge >= 0.3 is 0 Å². The van der Waals surface area contributed by atoms with E-state index in [1.165, 1.54) is 0 Å². The monoisotopic (exact) mass is 249 g/mol. The topological polar surface area (TPSA) is 37.4 Å². The number of aromatic nitrogens is 1. The molecule has 1 N–H and O–H groups in total. The third-order valence-electron chi connectivity index (χ3n) is 3.71. The van der Waals surface area contributed by atoms with Crippen molar-refractivity contribution >= 4 is 5.82 Å². The lowest BCUT2D eigenvalue weighted by molar-refractivity contribution is 0.376. The Labute approximate surface area is 109 Å². The van der Waals surface area contributed by atoms with Crippen LogP contribution in [0.3, 0.4) is 0 Å². The van der Waals surface area contributed by atoms with Gasteiger partial charge in [-0.3, -0.25) is 0 Å². The highest BCUT2D eigenvalue weighted by Crippen LogP contribution is 2.21. The molecule has 1 fully saturated rings. The number of nitrogens with one attached hydrogen (secondary N) is 1. The lowest BCUT2D eigenvalue weighted by Gasteiger charge is -2.40. The quantitative estimate of drug-likeness (QED) is 0.886. The van der Waals surface area contributed by atoms with E-state index in [4.69, 9.17) is 4.74 Å². The Morgan fingerprint density at radius 2 is 2.22 bits per heavy atom. The van der Waals surface area contributed by atoms with Crippen LogP contribution in [-0.2, 0) is 0 Å². The first kappa shape index (κ1) is 13.1. The maximum atomic E-state index is 5.16. The summed E-state index contributed by atoms with van der Waals surface area (Å²) < 4.78 is 5.16. The zero-order valence-corrected chi connectivity index (χ0v) is 11.5. The van der Waals surface area contributed by atoms with Gasteiger partial charge in [-0.15, -0.1) is 0 Å². The molecule has 1 aromatic heterocycles. The molecular formula is C14H23N3O. The first-order valence-electron chi connectivity index (χ1n) is 6.78. The van der Waals surface area contributed by atoms with Crippen LogP contribution in [0.1, 0.15) is 26.7 Å². The smallest absolute Gasteiger partial charge is 0.137 e. The molecule has 0 bridgehead atoms. The number of anilines is 1. The fourth-order valence-corrected chi connectivity index (χ4v) is 2.45. The number of nitrogens with zero attached hydrogens (tertiary/aromatic N) is 2. The van der Waals surface area contributed by atoms with Crippen LogP contribution in [-0.4, -0.2) is 37.3 Å². The molecule has 1 aliphatic heterocycles. The van der Waals surface area contributed by atoms with E-state index in [1.807, 2.05) is 6.07 Å². The fourth-order valence-electron chi connectivity index (χ4n) is 2.45. The Morgan fingerprint density at radius 3 is 2.78 bits per heavy atom. The molecule has 1 saturated heterocycles. The summed E-state index contributed by atoms with van der Waals surface area (Å²) in [6.45, 7) is 6.54. The number of rotatable bonds is 4. The van der Waals surface area contributed by atoms with Gasteiger partial charge in [0.2, 0.25) is 0 Å². The van der Waals surface area contributed by atoms with Crippen molar-refractivity contribution in [2.45, 2.75) is 38.8 Å². The molecule has 2 unspecified atom stereocenters. The maximum Gasteiger partial charge on any atom is 0.137 e. The van der Waals surface area contributed by atoms with Gasteiger partial charge in [0.1, 0.15) is 11.6 Å². The van der Waals surface area contributed by atoms with Gasteiger partial charge in [0.25, 0.3) is 0 Å². The average molecular weight is 249 g/mol. The Balaban J connectivity index is 2.15. The summed E-state index contributed by atoms with van der Waals surface area (Å²) >= 11 is 0. The molecule has 4 heteroatoms. The van der Waals surface area contributed by atoms with Crippen LogP contribution < -0.4 is 15.0 Å². The number of pyridine rings is 1.